The molecule has 45 heavy (non-hydrogen) atoms. The summed E-state index contributed by atoms with van der Waals surface area (Å²) in [7, 11) is -3.08. The van der Waals surface area contributed by atoms with E-state index in [0.717, 1.165) is 42.5 Å². The Balaban J connectivity index is 1.72. The second kappa shape index (κ2) is 14.5. The molecule has 1 saturated carbocycles. The van der Waals surface area contributed by atoms with Crippen LogP contribution < -0.4 is 14.4 Å². The first-order valence-corrected chi connectivity index (χ1v) is 16.1. The summed E-state index contributed by atoms with van der Waals surface area (Å²) in [5.41, 5.74) is 0.529. The van der Waals surface area contributed by atoms with Gasteiger partial charge in [-0.1, -0.05) is 37.5 Å². The van der Waals surface area contributed by atoms with Crippen molar-refractivity contribution in [3.05, 3.63) is 93.8 Å². The highest BCUT2D eigenvalue weighted by Gasteiger charge is 2.34. The minimum Gasteiger partial charge on any atom is -0.497 e. The molecular formula is C32H37FN4O7S. The van der Waals surface area contributed by atoms with Crippen molar-refractivity contribution in [1.29, 1.82) is 0 Å². The molecule has 3 aromatic carbocycles. The zero-order chi connectivity index (χ0) is 32.7. The van der Waals surface area contributed by atoms with Gasteiger partial charge in [0.15, 0.2) is 0 Å². The first-order valence-electron chi connectivity index (χ1n) is 14.7. The van der Waals surface area contributed by atoms with E-state index in [-0.39, 0.29) is 40.3 Å². The van der Waals surface area contributed by atoms with Gasteiger partial charge in [-0.3, -0.25) is 24.0 Å². The topological polar surface area (TPSA) is 139 Å². The van der Waals surface area contributed by atoms with Gasteiger partial charge in [0.05, 0.1) is 22.6 Å². The lowest BCUT2D eigenvalue weighted by molar-refractivity contribution is -0.385. The predicted octanol–water partition coefficient (Wildman–Crippen LogP) is 5.11. The van der Waals surface area contributed by atoms with E-state index < -0.39 is 39.3 Å². The van der Waals surface area contributed by atoms with Crippen LogP contribution in [0.25, 0.3) is 0 Å². The average molecular weight is 641 g/mol. The third-order valence-corrected chi connectivity index (χ3v) is 9.76. The minimum atomic E-state index is -4.53. The molecule has 3 aromatic rings. The summed E-state index contributed by atoms with van der Waals surface area (Å²) >= 11 is 0. The molecule has 1 unspecified atom stereocenters. The molecule has 13 heteroatoms. The molecule has 1 aliphatic carbocycles. The lowest BCUT2D eigenvalue weighted by Gasteiger charge is -2.33. The standard InChI is InChI=1S/C32H37FN4O7S/c1-22-9-18-29(19-30(22)37(40)41)45(42,43)36(27-14-16-28(44-3)17-15-27)21-31(38)35(20-24-10-12-25(33)13-11-24)23(2)32(39)34-26-7-5-4-6-8-26/h9-19,23,26H,4-8,20-21H2,1-3H3,(H,34,39). The molecule has 1 aliphatic rings. The third kappa shape index (κ3) is 8.15. The number of nitro groups is 1. The number of aryl methyl sites for hydroxylation is 1. The SMILES string of the molecule is COc1ccc(N(CC(=O)N(Cc2ccc(F)cc2)C(C)C(=O)NC2CCCCC2)S(=O)(=O)c2ccc(C)c([N+](=O)[O-])c2)cc1. The van der Waals surface area contributed by atoms with Gasteiger partial charge < -0.3 is 15.0 Å². The van der Waals surface area contributed by atoms with Gasteiger partial charge in [0.1, 0.15) is 24.2 Å². The number of carbonyl (C=O) groups is 2. The molecule has 4 rings (SSSR count). The molecule has 1 atom stereocenters. The largest absolute Gasteiger partial charge is 0.497 e. The Hall–Kier alpha value is -4.52. The Labute approximate surface area is 262 Å². The molecule has 1 fully saturated rings. The van der Waals surface area contributed by atoms with Crippen molar-refractivity contribution in [2.45, 2.75) is 69.5 Å². The number of hydrogen-bond acceptors (Lipinski definition) is 7. The van der Waals surface area contributed by atoms with Crippen LogP contribution >= 0.6 is 0 Å². The number of methoxy groups -OCH3 is 1. The van der Waals surface area contributed by atoms with E-state index in [1.807, 2.05) is 0 Å². The molecule has 11 nitrogen and oxygen atoms in total. The monoisotopic (exact) mass is 640 g/mol. The number of benzene rings is 3. The fraction of sp³-hybridized carbons (Fsp3) is 0.375. The summed E-state index contributed by atoms with van der Waals surface area (Å²) in [6.07, 6.45) is 4.73. The maximum atomic E-state index is 14.1. The van der Waals surface area contributed by atoms with Crippen LogP contribution in [-0.2, 0) is 26.2 Å². The second-order valence-corrected chi connectivity index (χ2v) is 12.9. The van der Waals surface area contributed by atoms with Crippen LogP contribution in [0, 0.1) is 22.9 Å². The quantitative estimate of drug-likeness (QED) is 0.214. The Bertz CT molecular complexity index is 1630. The Morgan fingerprint density at radius 3 is 2.29 bits per heavy atom. The van der Waals surface area contributed by atoms with Gasteiger partial charge in [-0.25, -0.2) is 12.8 Å². The van der Waals surface area contributed by atoms with Crippen LogP contribution in [0.1, 0.15) is 50.2 Å². The number of amides is 2. The molecule has 0 aliphatic heterocycles. The van der Waals surface area contributed by atoms with E-state index in [1.165, 1.54) is 79.6 Å². The lowest BCUT2D eigenvalue weighted by atomic mass is 9.95. The normalized spacial score (nSPS) is 14.3. The summed E-state index contributed by atoms with van der Waals surface area (Å²) in [4.78, 5) is 39.3. The van der Waals surface area contributed by atoms with E-state index in [9.17, 15) is 32.5 Å². The van der Waals surface area contributed by atoms with E-state index >= 15 is 0 Å². The molecule has 0 spiro atoms. The predicted molar refractivity (Wildman–Crippen MR) is 167 cm³/mol. The van der Waals surface area contributed by atoms with Gasteiger partial charge in [-0.15, -0.1) is 0 Å². The highest BCUT2D eigenvalue weighted by atomic mass is 32.2. The van der Waals surface area contributed by atoms with Crippen molar-refractivity contribution < 1.29 is 32.1 Å². The highest BCUT2D eigenvalue weighted by Crippen LogP contribution is 2.29. The molecule has 0 saturated heterocycles. The Morgan fingerprint density at radius 1 is 1.04 bits per heavy atom. The Kier molecular flexibility index (Phi) is 10.8. The van der Waals surface area contributed by atoms with Gasteiger partial charge in [-0.05, 0) is 74.7 Å². The van der Waals surface area contributed by atoms with Crippen LogP contribution in [0.4, 0.5) is 15.8 Å². The molecule has 0 aromatic heterocycles. The van der Waals surface area contributed by atoms with Crippen molar-refractivity contribution in [3.63, 3.8) is 0 Å². The maximum absolute atomic E-state index is 14.1. The van der Waals surface area contributed by atoms with Gasteiger partial charge >= 0.3 is 0 Å². The van der Waals surface area contributed by atoms with E-state index in [0.29, 0.717) is 11.3 Å². The van der Waals surface area contributed by atoms with Crippen molar-refractivity contribution in [1.82, 2.24) is 10.2 Å². The van der Waals surface area contributed by atoms with E-state index in [1.54, 1.807) is 6.92 Å². The first-order chi connectivity index (χ1) is 21.4. The molecule has 0 heterocycles. The van der Waals surface area contributed by atoms with Gasteiger partial charge in [0, 0.05) is 24.2 Å². The van der Waals surface area contributed by atoms with Gasteiger partial charge in [0.2, 0.25) is 11.8 Å². The van der Waals surface area contributed by atoms with Crippen LogP contribution in [-0.4, -0.2) is 55.8 Å². The van der Waals surface area contributed by atoms with Crippen LogP contribution in [0.3, 0.4) is 0 Å². The second-order valence-electron chi connectivity index (χ2n) is 11.1. The molecule has 2 amide bonds. The fourth-order valence-electron chi connectivity index (χ4n) is 5.29. The average Bonchev–Trinajstić information content (AvgIpc) is 3.03. The zero-order valence-electron chi connectivity index (χ0n) is 25.4. The zero-order valence-corrected chi connectivity index (χ0v) is 26.3. The summed E-state index contributed by atoms with van der Waals surface area (Å²) < 4.78 is 47.9. The number of carbonyl (C=O) groups excluding carboxylic acids is 2. The smallest absolute Gasteiger partial charge is 0.273 e. The maximum Gasteiger partial charge on any atom is 0.273 e. The van der Waals surface area contributed by atoms with E-state index in [4.69, 9.17) is 4.74 Å². The molecule has 1 N–H and O–H groups in total. The number of rotatable bonds is 12. The summed E-state index contributed by atoms with van der Waals surface area (Å²) in [5.74, 6) is -1.11. The summed E-state index contributed by atoms with van der Waals surface area (Å²) in [6, 6.07) is 13.9. The third-order valence-electron chi connectivity index (χ3n) is 7.99. The van der Waals surface area contributed by atoms with Crippen molar-refractivity contribution in [2.24, 2.45) is 0 Å². The van der Waals surface area contributed by atoms with Gasteiger partial charge in [-0.2, -0.15) is 0 Å². The summed E-state index contributed by atoms with van der Waals surface area (Å²) in [6.45, 7) is 2.24. The van der Waals surface area contributed by atoms with Crippen LogP contribution in [0.5, 0.6) is 5.75 Å². The van der Waals surface area contributed by atoms with Crippen LogP contribution in [0.2, 0.25) is 0 Å². The number of nitrogens with one attached hydrogen (secondary N) is 1. The molecular weight excluding hydrogens is 603 g/mol. The number of halogens is 1. The van der Waals surface area contributed by atoms with Gasteiger partial charge in [0.25, 0.3) is 15.7 Å². The fourth-order valence-corrected chi connectivity index (χ4v) is 6.72. The Morgan fingerprint density at radius 2 is 1.69 bits per heavy atom. The molecule has 240 valence electrons. The first kappa shape index (κ1) is 33.4. The van der Waals surface area contributed by atoms with Crippen molar-refractivity contribution in [2.75, 3.05) is 18.0 Å². The number of anilines is 1. The number of sulfonamides is 1. The number of nitro benzene ring substituents is 1. The number of ether oxygens (including phenoxy) is 1. The van der Waals surface area contributed by atoms with Crippen molar-refractivity contribution in [3.8, 4) is 5.75 Å². The van der Waals surface area contributed by atoms with Crippen LogP contribution in [0.15, 0.2) is 71.6 Å². The van der Waals surface area contributed by atoms with E-state index in [2.05, 4.69) is 5.32 Å². The minimum absolute atomic E-state index is 0.0232. The summed E-state index contributed by atoms with van der Waals surface area (Å²) in [5, 5.41) is 14.6. The molecule has 0 bridgehead atoms. The highest BCUT2D eigenvalue weighted by molar-refractivity contribution is 7.92. The lowest BCUT2D eigenvalue weighted by Crippen LogP contribution is -2.53. The number of hydrogen-bond donors (Lipinski definition) is 1. The molecule has 0 radical (unpaired) electrons. The van der Waals surface area contributed by atoms with Crippen molar-refractivity contribution >= 4 is 33.2 Å². The number of nitrogens with zero attached hydrogens (tertiary/aromatic N) is 3.